The molecule has 4 rings (SSSR count). The summed E-state index contributed by atoms with van der Waals surface area (Å²) in [5.41, 5.74) is 5.95. The van der Waals surface area contributed by atoms with Crippen LogP contribution in [0.1, 0.15) is 39.1 Å². The van der Waals surface area contributed by atoms with Crippen LogP contribution in [-0.4, -0.2) is 49.6 Å². The Bertz CT molecular complexity index is 1310. The third-order valence-corrected chi connectivity index (χ3v) is 5.78. The first kappa shape index (κ1) is 25.9. The molecule has 0 saturated carbocycles. The van der Waals surface area contributed by atoms with Crippen LogP contribution in [0.4, 0.5) is 11.4 Å². The summed E-state index contributed by atoms with van der Waals surface area (Å²) < 4.78 is 0. The van der Waals surface area contributed by atoms with E-state index in [4.69, 9.17) is 0 Å². The summed E-state index contributed by atoms with van der Waals surface area (Å²) in [5.74, 6) is 1.30. The summed E-state index contributed by atoms with van der Waals surface area (Å²) >= 11 is 0. The highest BCUT2D eigenvalue weighted by atomic mass is 16.1. The number of nitrogens with one attached hydrogen (secondary N) is 2. The van der Waals surface area contributed by atoms with E-state index in [0.29, 0.717) is 23.4 Å². The van der Waals surface area contributed by atoms with E-state index in [2.05, 4.69) is 80.6 Å². The van der Waals surface area contributed by atoms with Gasteiger partial charge in [-0.3, -0.25) is 14.8 Å². The molecule has 2 aromatic heterocycles. The molecule has 0 bridgehead atoms. The van der Waals surface area contributed by atoms with Crippen molar-refractivity contribution in [3.8, 4) is 22.5 Å². The van der Waals surface area contributed by atoms with E-state index in [1.54, 1.807) is 12.4 Å². The number of aromatic nitrogens is 6. The number of aromatic amines is 1. The molecule has 0 unspecified atom stereocenters. The molecule has 37 heavy (non-hydrogen) atoms. The summed E-state index contributed by atoms with van der Waals surface area (Å²) in [5, 5.41) is 17.7. The molecular formula is C28H34N8O. The second-order valence-corrected chi connectivity index (χ2v) is 10.1. The second kappa shape index (κ2) is 11.7. The van der Waals surface area contributed by atoms with Crippen molar-refractivity contribution in [2.45, 2.75) is 41.0 Å². The van der Waals surface area contributed by atoms with Crippen LogP contribution in [0.15, 0.2) is 54.9 Å². The average Bonchev–Trinajstić information content (AvgIpc) is 3.39. The van der Waals surface area contributed by atoms with Crippen molar-refractivity contribution in [3.63, 3.8) is 0 Å². The normalized spacial score (nSPS) is 11.2. The Kier molecular flexibility index (Phi) is 8.22. The van der Waals surface area contributed by atoms with E-state index in [1.165, 1.54) is 0 Å². The molecule has 0 spiro atoms. The predicted octanol–water partition coefficient (Wildman–Crippen LogP) is 4.93. The maximum Gasteiger partial charge on any atom is 0.230 e. The van der Waals surface area contributed by atoms with Crippen molar-refractivity contribution in [2.75, 3.05) is 23.3 Å². The Balaban J connectivity index is 1.74. The maximum absolute atomic E-state index is 13.2. The highest BCUT2D eigenvalue weighted by Gasteiger charge is 2.19. The topological polar surface area (TPSA) is 113 Å². The third kappa shape index (κ3) is 6.75. The number of carbonyl (C=O) groups excluding carboxylic acids is 1. The van der Waals surface area contributed by atoms with E-state index in [-0.39, 0.29) is 12.3 Å². The number of amides is 1. The Morgan fingerprint density at radius 2 is 1.70 bits per heavy atom. The minimum absolute atomic E-state index is 0.142. The lowest BCUT2D eigenvalue weighted by Crippen LogP contribution is -2.32. The van der Waals surface area contributed by atoms with Crippen LogP contribution >= 0.6 is 0 Å². The van der Waals surface area contributed by atoms with Gasteiger partial charge in [0.1, 0.15) is 0 Å². The first-order chi connectivity index (χ1) is 17.8. The molecule has 2 aromatic carbocycles. The van der Waals surface area contributed by atoms with E-state index in [0.717, 1.165) is 46.8 Å². The Hall–Kier alpha value is -4.14. The summed E-state index contributed by atoms with van der Waals surface area (Å²) in [6.45, 7) is 12.5. The Morgan fingerprint density at radius 3 is 2.32 bits per heavy atom. The van der Waals surface area contributed by atoms with Crippen LogP contribution in [0.2, 0.25) is 0 Å². The van der Waals surface area contributed by atoms with Gasteiger partial charge < -0.3 is 10.2 Å². The lowest BCUT2D eigenvalue weighted by Gasteiger charge is -2.31. The number of hydrogen-bond donors (Lipinski definition) is 2. The van der Waals surface area contributed by atoms with Crippen LogP contribution in [0, 0.1) is 18.8 Å². The van der Waals surface area contributed by atoms with Crippen molar-refractivity contribution in [1.29, 1.82) is 0 Å². The maximum atomic E-state index is 13.2. The molecule has 2 N–H and O–H groups in total. The number of benzene rings is 2. The number of aryl methyl sites for hydroxylation is 1. The number of tetrazole rings is 1. The van der Waals surface area contributed by atoms with Gasteiger partial charge >= 0.3 is 0 Å². The molecule has 1 amide bonds. The molecular weight excluding hydrogens is 464 g/mol. The number of carbonyl (C=O) groups is 1. The largest absolute Gasteiger partial charge is 0.369 e. The molecule has 0 saturated heterocycles. The Morgan fingerprint density at radius 1 is 0.973 bits per heavy atom. The van der Waals surface area contributed by atoms with Crippen LogP contribution in [0.5, 0.6) is 0 Å². The Labute approximate surface area is 217 Å². The summed E-state index contributed by atoms with van der Waals surface area (Å²) in [6, 6.07) is 14.1. The monoisotopic (exact) mass is 498 g/mol. The molecule has 0 aliphatic heterocycles. The first-order valence-electron chi connectivity index (χ1n) is 12.6. The molecule has 192 valence electrons. The van der Waals surface area contributed by atoms with Crippen molar-refractivity contribution >= 4 is 17.3 Å². The van der Waals surface area contributed by atoms with Crippen LogP contribution in [0.3, 0.4) is 0 Å². The molecule has 4 aromatic rings. The van der Waals surface area contributed by atoms with Crippen molar-refractivity contribution < 1.29 is 4.79 Å². The van der Waals surface area contributed by atoms with Gasteiger partial charge in [-0.05, 0) is 47.2 Å². The lowest BCUT2D eigenvalue weighted by atomic mass is 9.97. The molecule has 0 fully saturated rings. The fourth-order valence-electron chi connectivity index (χ4n) is 4.31. The first-order valence-corrected chi connectivity index (χ1v) is 12.6. The fraction of sp³-hybridized carbons (Fsp3) is 0.357. The van der Waals surface area contributed by atoms with Gasteiger partial charge in [0.2, 0.25) is 11.7 Å². The van der Waals surface area contributed by atoms with Gasteiger partial charge in [0.05, 0.1) is 29.2 Å². The summed E-state index contributed by atoms with van der Waals surface area (Å²) in [7, 11) is 0. The van der Waals surface area contributed by atoms with Crippen LogP contribution < -0.4 is 10.2 Å². The van der Waals surface area contributed by atoms with Gasteiger partial charge in [0.25, 0.3) is 0 Å². The lowest BCUT2D eigenvalue weighted by molar-refractivity contribution is -0.115. The zero-order valence-corrected chi connectivity index (χ0v) is 22.1. The van der Waals surface area contributed by atoms with Gasteiger partial charge in [-0.25, -0.2) is 0 Å². The molecule has 0 atom stereocenters. The highest BCUT2D eigenvalue weighted by molar-refractivity contribution is 5.97. The zero-order valence-electron chi connectivity index (χ0n) is 22.1. The predicted molar refractivity (Wildman–Crippen MR) is 146 cm³/mol. The number of nitrogens with zero attached hydrogens (tertiary/aromatic N) is 6. The van der Waals surface area contributed by atoms with E-state index >= 15 is 0 Å². The summed E-state index contributed by atoms with van der Waals surface area (Å²) in [4.78, 5) is 24.1. The van der Waals surface area contributed by atoms with Gasteiger partial charge in [0, 0.05) is 31.0 Å². The number of hydrogen-bond acceptors (Lipinski definition) is 7. The second-order valence-electron chi connectivity index (χ2n) is 10.1. The highest BCUT2D eigenvalue weighted by Crippen LogP contribution is 2.36. The standard InChI is InChI=1S/C28H34N8O/c1-18(2)16-36(17-19(3)4)26-11-10-21(23-8-6-7-9-24(23)28-32-34-35-33-28)12-25(26)31-27(37)13-22-15-29-20(5)14-30-22/h6-12,14-15,18-19H,13,16-17H2,1-5H3,(H,31,37)(H,32,33,34,35). The molecule has 9 heteroatoms. The van der Waals surface area contributed by atoms with Gasteiger partial charge in [0.15, 0.2) is 0 Å². The number of rotatable bonds is 10. The molecule has 0 aliphatic rings. The van der Waals surface area contributed by atoms with Gasteiger partial charge in [-0.2, -0.15) is 5.21 Å². The van der Waals surface area contributed by atoms with E-state index in [9.17, 15) is 4.79 Å². The third-order valence-electron chi connectivity index (χ3n) is 5.78. The SMILES string of the molecule is Cc1cnc(CC(=O)Nc2cc(-c3ccccc3-c3nn[nH]n3)ccc2N(CC(C)C)CC(C)C)cn1. The average molecular weight is 499 g/mol. The van der Waals surface area contributed by atoms with Crippen molar-refractivity contribution in [2.24, 2.45) is 11.8 Å². The van der Waals surface area contributed by atoms with E-state index < -0.39 is 0 Å². The number of anilines is 2. The van der Waals surface area contributed by atoms with Gasteiger partial charge in [-0.1, -0.05) is 58.0 Å². The van der Waals surface area contributed by atoms with E-state index in [1.807, 2.05) is 37.3 Å². The molecule has 9 nitrogen and oxygen atoms in total. The molecule has 0 aliphatic carbocycles. The van der Waals surface area contributed by atoms with Crippen molar-refractivity contribution in [1.82, 2.24) is 30.6 Å². The number of H-pyrrole nitrogens is 1. The van der Waals surface area contributed by atoms with Crippen LogP contribution in [-0.2, 0) is 11.2 Å². The minimum Gasteiger partial charge on any atom is -0.369 e. The van der Waals surface area contributed by atoms with Crippen molar-refractivity contribution in [3.05, 3.63) is 66.2 Å². The van der Waals surface area contributed by atoms with Crippen LogP contribution in [0.25, 0.3) is 22.5 Å². The molecule has 0 radical (unpaired) electrons. The molecule has 2 heterocycles. The quantitative estimate of drug-likeness (QED) is 0.319. The fourth-order valence-corrected chi connectivity index (χ4v) is 4.31. The minimum atomic E-state index is -0.142. The zero-order chi connectivity index (χ0) is 26.4. The summed E-state index contributed by atoms with van der Waals surface area (Å²) in [6.07, 6.45) is 3.47. The van der Waals surface area contributed by atoms with Gasteiger partial charge in [-0.15, -0.1) is 10.2 Å². The smallest absolute Gasteiger partial charge is 0.230 e.